The first kappa shape index (κ1) is 20.9. The first-order valence-electron chi connectivity index (χ1n) is 10.5. The standard InChI is InChI=1S/C21H35N5O2/c1-3-22-21(23-16-18(2)25-8-12-27-13-9-25)24-17-19-6-4-5-7-20(19)26-10-14-28-15-11-26/h4-7,18H,3,8-17H2,1-2H3,(H2,22,23,24). The molecule has 1 atom stereocenters. The van der Waals surface area contributed by atoms with E-state index in [4.69, 9.17) is 14.5 Å². The number of hydrogen-bond donors (Lipinski definition) is 2. The Morgan fingerprint density at radius 3 is 2.43 bits per heavy atom. The van der Waals surface area contributed by atoms with Crippen molar-refractivity contribution in [1.82, 2.24) is 15.5 Å². The molecule has 0 bridgehead atoms. The highest BCUT2D eigenvalue weighted by Gasteiger charge is 2.17. The van der Waals surface area contributed by atoms with Gasteiger partial charge in [-0.25, -0.2) is 4.99 Å². The van der Waals surface area contributed by atoms with Crippen LogP contribution in [-0.4, -0.2) is 82.6 Å². The second-order valence-corrected chi connectivity index (χ2v) is 7.30. The Hall–Kier alpha value is -1.83. The Bertz CT molecular complexity index is 613. The van der Waals surface area contributed by atoms with Crippen LogP contribution in [0.5, 0.6) is 0 Å². The van der Waals surface area contributed by atoms with Crippen molar-refractivity contribution >= 4 is 11.6 Å². The van der Waals surface area contributed by atoms with Crippen molar-refractivity contribution in [2.75, 3.05) is 70.6 Å². The maximum absolute atomic E-state index is 5.49. The molecule has 2 saturated heterocycles. The van der Waals surface area contributed by atoms with Crippen molar-refractivity contribution in [2.45, 2.75) is 26.4 Å². The fourth-order valence-electron chi connectivity index (χ4n) is 3.65. The lowest BCUT2D eigenvalue weighted by Gasteiger charge is -2.32. The topological polar surface area (TPSA) is 61.4 Å². The third-order valence-corrected chi connectivity index (χ3v) is 5.33. The number of aliphatic imine (C=N–C) groups is 1. The van der Waals surface area contributed by atoms with E-state index in [1.165, 1.54) is 11.3 Å². The van der Waals surface area contributed by atoms with E-state index in [0.717, 1.165) is 71.7 Å². The van der Waals surface area contributed by atoms with Crippen LogP contribution in [0.1, 0.15) is 19.4 Å². The van der Waals surface area contributed by atoms with Crippen LogP contribution in [-0.2, 0) is 16.0 Å². The number of morpholine rings is 2. The lowest BCUT2D eigenvalue weighted by atomic mass is 10.1. The fourth-order valence-corrected chi connectivity index (χ4v) is 3.65. The number of rotatable bonds is 7. The summed E-state index contributed by atoms with van der Waals surface area (Å²) in [6.07, 6.45) is 0. The molecule has 0 amide bonds. The predicted octanol–water partition coefficient (Wildman–Crippen LogP) is 1.30. The molecule has 2 N–H and O–H groups in total. The third kappa shape index (κ3) is 6.09. The van der Waals surface area contributed by atoms with Gasteiger partial charge in [0.05, 0.1) is 33.0 Å². The molecule has 2 heterocycles. The second-order valence-electron chi connectivity index (χ2n) is 7.30. The average molecular weight is 390 g/mol. The summed E-state index contributed by atoms with van der Waals surface area (Å²) in [7, 11) is 0. The first-order valence-corrected chi connectivity index (χ1v) is 10.5. The normalized spacial score (nSPS) is 20.1. The monoisotopic (exact) mass is 389 g/mol. The number of ether oxygens (including phenoxy) is 2. The highest BCUT2D eigenvalue weighted by molar-refractivity contribution is 5.79. The molecule has 3 rings (SSSR count). The van der Waals surface area contributed by atoms with Gasteiger partial charge < -0.3 is 25.0 Å². The zero-order valence-electron chi connectivity index (χ0n) is 17.3. The van der Waals surface area contributed by atoms with Gasteiger partial charge >= 0.3 is 0 Å². The molecule has 7 heteroatoms. The van der Waals surface area contributed by atoms with E-state index in [1.807, 2.05) is 0 Å². The molecule has 2 aliphatic heterocycles. The molecule has 2 aliphatic rings. The molecule has 0 radical (unpaired) electrons. The van der Waals surface area contributed by atoms with Gasteiger partial charge in [0.15, 0.2) is 5.96 Å². The van der Waals surface area contributed by atoms with Crippen molar-refractivity contribution in [1.29, 1.82) is 0 Å². The molecular weight excluding hydrogens is 354 g/mol. The molecule has 0 aliphatic carbocycles. The van der Waals surface area contributed by atoms with Gasteiger partial charge in [-0.15, -0.1) is 0 Å². The molecule has 2 fully saturated rings. The van der Waals surface area contributed by atoms with Crippen LogP contribution in [0.25, 0.3) is 0 Å². The van der Waals surface area contributed by atoms with Crippen LogP contribution in [0.15, 0.2) is 29.3 Å². The first-order chi connectivity index (χ1) is 13.8. The van der Waals surface area contributed by atoms with Crippen LogP contribution < -0.4 is 15.5 Å². The van der Waals surface area contributed by atoms with E-state index in [2.05, 4.69) is 58.5 Å². The van der Waals surface area contributed by atoms with Gasteiger partial charge in [-0.1, -0.05) is 18.2 Å². The summed E-state index contributed by atoms with van der Waals surface area (Å²) in [5.41, 5.74) is 2.52. The summed E-state index contributed by atoms with van der Waals surface area (Å²) < 4.78 is 10.9. The highest BCUT2D eigenvalue weighted by Crippen LogP contribution is 2.22. The number of guanidine groups is 1. The van der Waals surface area contributed by atoms with Crippen LogP contribution >= 0.6 is 0 Å². The highest BCUT2D eigenvalue weighted by atomic mass is 16.5. The Balaban J connectivity index is 1.59. The molecule has 1 aromatic carbocycles. The van der Waals surface area contributed by atoms with Crippen LogP contribution in [0, 0.1) is 0 Å². The largest absolute Gasteiger partial charge is 0.379 e. The predicted molar refractivity (Wildman–Crippen MR) is 114 cm³/mol. The molecule has 7 nitrogen and oxygen atoms in total. The van der Waals surface area contributed by atoms with Gasteiger partial charge in [-0.05, 0) is 25.5 Å². The molecule has 0 aromatic heterocycles. The average Bonchev–Trinajstić information content (AvgIpc) is 2.77. The third-order valence-electron chi connectivity index (χ3n) is 5.33. The van der Waals surface area contributed by atoms with Crippen molar-refractivity contribution in [3.05, 3.63) is 29.8 Å². The zero-order valence-corrected chi connectivity index (χ0v) is 17.3. The zero-order chi connectivity index (χ0) is 19.6. The van der Waals surface area contributed by atoms with Crippen LogP contribution in [0.3, 0.4) is 0 Å². The van der Waals surface area contributed by atoms with Gasteiger partial charge in [0.1, 0.15) is 0 Å². The summed E-state index contributed by atoms with van der Waals surface area (Å²) >= 11 is 0. The van der Waals surface area contributed by atoms with E-state index in [1.54, 1.807) is 0 Å². The van der Waals surface area contributed by atoms with Crippen molar-refractivity contribution < 1.29 is 9.47 Å². The Kier molecular flexibility index (Phi) is 8.39. The molecule has 1 aromatic rings. The van der Waals surface area contributed by atoms with Gasteiger partial charge in [0.25, 0.3) is 0 Å². The van der Waals surface area contributed by atoms with E-state index in [0.29, 0.717) is 12.6 Å². The minimum Gasteiger partial charge on any atom is -0.379 e. The van der Waals surface area contributed by atoms with E-state index in [9.17, 15) is 0 Å². The number of nitrogens with one attached hydrogen (secondary N) is 2. The minimum atomic E-state index is 0.452. The number of nitrogens with zero attached hydrogens (tertiary/aromatic N) is 3. The lowest BCUT2D eigenvalue weighted by Crippen LogP contribution is -2.49. The van der Waals surface area contributed by atoms with Crippen LogP contribution in [0.4, 0.5) is 5.69 Å². The smallest absolute Gasteiger partial charge is 0.191 e. The van der Waals surface area contributed by atoms with Gasteiger partial charge in [-0.3, -0.25) is 4.90 Å². The van der Waals surface area contributed by atoms with Crippen molar-refractivity contribution in [2.24, 2.45) is 4.99 Å². The van der Waals surface area contributed by atoms with Gasteiger partial charge in [-0.2, -0.15) is 0 Å². The molecule has 156 valence electrons. The summed E-state index contributed by atoms with van der Waals surface area (Å²) in [6.45, 7) is 13.9. The maximum Gasteiger partial charge on any atom is 0.191 e. The number of para-hydroxylation sites is 1. The molecule has 0 spiro atoms. The summed E-state index contributed by atoms with van der Waals surface area (Å²) in [5.74, 6) is 0.874. The van der Waals surface area contributed by atoms with Gasteiger partial charge in [0, 0.05) is 51.0 Å². The van der Waals surface area contributed by atoms with Crippen molar-refractivity contribution in [3.63, 3.8) is 0 Å². The number of anilines is 1. The SMILES string of the molecule is CCNC(=NCc1ccccc1N1CCOCC1)NCC(C)N1CCOCC1. The summed E-state index contributed by atoms with van der Waals surface area (Å²) in [6, 6.07) is 9.01. The molecule has 1 unspecified atom stereocenters. The molecule has 28 heavy (non-hydrogen) atoms. The number of benzene rings is 1. The quantitative estimate of drug-likeness (QED) is 0.542. The fraction of sp³-hybridized carbons (Fsp3) is 0.667. The Morgan fingerprint density at radius 2 is 1.71 bits per heavy atom. The molecule has 0 saturated carbocycles. The lowest BCUT2D eigenvalue weighted by molar-refractivity contribution is 0.0211. The minimum absolute atomic E-state index is 0.452. The summed E-state index contributed by atoms with van der Waals surface area (Å²) in [5, 5.41) is 6.88. The van der Waals surface area contributed by atoms with Crippen LogP contribution in [0.2, 0.25) is 0 Å². The van der Waals surface area contributed by atoms with Gasteiger partial charge in [0.2, 0.25) is 0 Å². The van der Waals surface area contributed by atoms with E-state index < -0.39 is 0 Å². The Labute approximate surface area is 169 Å². The second kappa shape index (κ2) is 11.2. The number of hydrogen-bond acceptors (Lipinski definition) is 5. The Morgan fingerprint density at radius 1 is 1.04 bits per heavy atom. The van der Waals surface area contributed by atoms with E-state index >= 15 is 0 Å². The van der Waals surface area contributed by atoms with E-state index in [-0.39, 0.29) is 0 Å². The summed E-state index contributed by atoms with van der Waals surface area (Å²) in [4.78, 5) is 9.71. The molecular formula is C21H35N5O2. The maximum atomic E-state index is 5.49. The van der Waals surface area contributed by atoms with Crippen molar-refractivity contribution in [3.8, 4) is 0 Å².